The van der Waals surface area contributed by atoms with E-state index in [-0.39, 0.29) is 5.92 Å². The van der Waals surface area contributed by atoms with Crippen LogP contribution >= 0.6 is 0 Å². The molecule has 1 heterocycles. The van der Waals surface area contributed by atoms with E-state index in [1.807, 2.05) is 32.0 Å². The summed E-state index contributed by atoms with van der Waals surface area (Å²) >= 11 is 0. The SMILES string of the molecule is CC(C)C1=CC(C)(O)[N+]1([O-])c1ccccc1. The highest BCUT2D eigenvalue weighted by molar-refractivity contribution is 5.56. The van der Waals surface area contributed by atoms with E-state index >= 15 is 0 Å². The molecule has 1 aromatic carbocycles. The first-order valence-corrected chi connectivity index (χ1v) is 5.51. The van der Waals surface area contributed by atoms with Crippen LogP contribution in [-0.4, -0.2) is 10.8 Å². The third-order valence-corrected chi connectivity index (χ3v) is 3.13. The van der Waals surface area contributed by atoms with Gasteiger partial charge in [-0.2, -0.15) is 0 Å². The third-order valence-electron chi connectivity index (χ3n) is 3.13. The summed E-state index contributed by atoms with van der Waals surface area (Å²) < 4.78 is -0.745. The van der Waals surface area contributed by atoms with Gasteiger partial charge in [0.05, 0.1) is 6.08 Å². The minimum absolute atomic E-state index is 0.137. The van der Waals surface area contributed by atoms with Crippen LogP contribution in [0.2, 0.25) is 0 Å². The fraction of sp³-hybridized carbons (Fsp3) is 0.385. The minimum Gasteiger partial charge on any atom is -0.620 e. The monoisotopic (exact) mass is 219 g/mol. The lowest BCUT2D eigenvalue weighted by Gasteiger charge is -2.58. The topological polar surface area (TPSA) is 43.3 Å². The smallest absolute Gasteiger partial charge is 0.232 e. The number of aliphatic hydroxyl groups is 1. The standard InChI is InChI=1S/C13H17NO2/c1-10(2)12-9-13(3,15)14(12,16)11-7-5-4-6-8-11/h4-10,15H,1-3H3. The lowest BCUT2D eigenvalue weighted by molar-refractivity contribution is -0.0357. The maximum atomic E-state index is 12.8. The Morgan fingerprint density at radius 3 is 2.25 bits per heavy atom. The molecule has 0 amide bonds. The van der Waals surface area contributed by atoms with E-state index in [9.17, 15) is 10.3 Å². The number of hydrogen-bond acceptors (Lipinski definition) is 2. The Bertz CT molecular complexity index is 423. The zero-order valence-corrected chi connectivity index (χ0v) is 9.84. The fourth-order valence-electron chi connectivity index (χ4n) is 2.24. The maximum Gasteiger partial charge on any atom is 0.232 e. The van der Waals surface area contributed by atoms with Crippen molar-refractivity contribution in [3.63, 3.8) is 0 Å². The van der Waals surface area contributed by atoms with Gasteiger partial charge in [0.25, 0.3) is 0 Å². The molecular formula is C13H17NO2. The van der Waals surface area contributed by atoms with E-state index in [0.717, 1.165) is 5.70 Å². The van der Waals surface area contributed by atoms with Crippen molar-refractivity contribution in [1.82, 2.24) is 4.65 Å². The number of rotatable bonds is 2. The molecule has 16 heavy (non-hydrogen) atoms. The van der Waals surface area contributed by atoms with Crippen molar-refractivity contribution in [1.29, 1.82) is 0 Å². The molecule has 0 aromatic heterocycles. The molecule has 2 unspecified atom stereocenters. The summed E-state index contributed by atoms with van der Waals surface area (Å²) in [5.41, 5.74) is -0.0454. The zero-order valence-electron chi connectivity index (χ0n) is 9.84. The molecule has 0 saturated carbocycles. The van der Waals surface area contributed by atoms with Gasteiger partial charge >= 0.3 is 0 Å². The second-order valence-corrected chi connectivity index (χ2v) is 4.76. The van der Waals surface area contributed by atoms with Gasteiger partial charge in [-0.1, -0.05) is 32.0 Å². The molecule has 0 bridgehead atoms. The van der Waals surface area contributed by atoms with Gasteiger partial charge in [0.15, 0.2) is 0 Å². The molecule has 0 fully saturated rings. The number of benzene rings is 1. The summed E-state index contributed by atoms with van der Waals surface area (Å²) in [6.45, 7) is 5.49. The Morgan fingerprint density at radius 1 is 1.25 bits per heavy atom. The summed E-state index contributed by atoms with van der Waals surface area (Å²) in [6, 6.07) is 9.02. The normalized spacial score (nSPS) is 33.5. The molecule has 0 radical (unpaired) electrons. The highest BCUT2D eigenvalue weighted by Gasteiger charge is 2.53. The van der Waals surface area contributed by atoms with E-state index in [1.54, 1.807) is 25.1 Å². The Morgan fingerprint density at radius 2 is 1.81 bits per heavy atom. The molecule has 2 rings (SSSR count). The van der Waals surface area contributed by atoms with Crippen LogP contribution in [0.1, 0.15) is 20.8 Å². The van der Waals surface area contributed by atoms with Gasteiger partial charge in [0, 0.05) is 12.8 Å². The van der Waals surface area contributed by atoms with E-state index in [2.05, 4.69) is 0 Å². The lowest BCUT2D eigenvalue weighted by atomic mass is 9.92. The first-order chi connectivity index (χ1) is 7.39. The van der Waals surface area contributed by atoms with Gasteiger partial charge in [0.2, 0.25) is 5.72 Å². The summed E-state index contributed by atoms with van der Waals surface area (Å²) in [6.07, 6.45) is 1.66. The Balaban J connectivity index is 2.50. The summed E-state index contributed by atoms with van der Waals surface area (Å²) in [5.74, 6) is 0.137. The Hall–Kier alpha value is -1.16. The fourth-order valence-corrected chi connectivity index (χ4v) is 2.24. The molecule has 2 atom stereocenters. The molecule has 1 aromatic rings. The Kier molecular flexibility index (Phi) is 2.42. The first kappa shape index (κ1) is 11.3. The van der Waals surface area contributed by atoms with Crippen molar-refractivity contribution in [2.24, 2.45) is 5.92 Å². The molecule has 3 heteroatoms. The van der Waals surface area contributed by atoms with Crippen LogP contribution in [0, 0.1) is 11.1 Å². The van der Waals surface area contributed by atoms with Crippen molar-refractivity contribution in [2.45, 2.75) is 26.5 Å². The van der Waals surface area contributed by atoms with Crippen LogP contribution in [0.25, 0.3) is 0 Å². The van der Waals surface area contributed by atoms with Crippen molar-refractivity contribution in [3.8, 4) is 0 Å². The second kappa shape index (κ2) is 3.42. The molecule has 0 spiro atoms. The molecule has 0 saturated heterocycles. The maximum absolute atomic E-state index is 12.8. The van der Waals surface area contributed by atoms with E-state index in [4.69, 9.17) is 0 Å². The average Bonchev–Trinajstić information content (AvgIpc) is 2.26. The molecule has 1 aliphatic rings. The number of hydrogen-bond donors (Lipinski definition) is 1. The predicted molar refractivity (Wildman–Crippen MR) is 65.1 cm³/mol. The molecular weight excluding hydrogens is 202 g/mol. The molecule has 86 valence electrons. The van der Waals surface area contributed by atoms with Crippen LogP contribution < -0.4 is 4.65 Å². The molecule has 1 aliphatic heterocycles. The van der Waals surface area contributed by atoms with Gasteiger partial charge in [-0.05, 0) is 12.1 Å². The van der Waals surface area contributed by atoms with Gasteiger partial charge in [-0.15, -0.1) is 0 Å². The van der Waals surface area contributed by atoms with Crippen LogP contribution in [0.15, 0.2) is 42.1 Å². The van der Waals surface area contributed by atoms with Crippen LogP contribution in [0.3, 0.4) is 0 Å². The average molecular weight is 219 g/mol. The first-order valence-electron chi connectivity index (χ1n) is 5.51. The van der Waals surface area contributed by atoms with Crippen LogP contribution in [0.4, 0.5) is 5.69 Å². The number of quaternary nitrogens is 1. The van der Waals surface area contributed by atoms with Crippen LogP contribution in [0.5, 0.6) is 0 Å². The quantitative estimate of drug-likeness (QED) is 0.614. The predicted octanol–water partition coefficient (Wildman–Crippen LogP) is 2.75. The highest BCUT2D eigenvalue weighted by atomic mass is 16.6. The van der Waals surface area contributed by atoms with E-state index in [1.165, 1.54) is 0 Å². The molecule has 1 N–H and O–H groups in total. The van der Waals surface area contributed by atoms with E-state index < -0.39 is 10.4 Å². The lowest BCUT2D eigenvalue weighted by Crippen LogP contribution is -2.66. The van der Waals surface area contributed by atoms with Crippen molar-refractivity contribution in [2.75, 3.05) is 0 Å². The number of nitrogens with zero attached hydrogens (tertiary/aromatic N) is 1. The van der Waals surface area contributed by atoms with Crippen LogP contribution in [-0.2, 0) is 0 Å². The number of allylic oxidation sites excluding steroid dienone is 1. The largest absolute Gasteiger partial charge is 0.620 e. The van der Waals surface area contributed by atoms with Crippen molar-refractivity contribution >= 4 is 5.69 Å². The second-order valence-electron chi connectivity index (χ2n) is 4.76. The van der Waals surface area contributed by atoms with Gasteiger partial charge in [0.1, 0.15) is 11.4 Å². The molecule has 3 nitrogen and oxygen atoms in total. The number of hydroxylamine groups is 2. The van der Waals surface area contributed by atoms with Crippen molar-refractivity contribution in [3.05, 3.63) is 47.3 Å². The Labute approximate surface area is 95.8 Å². The zero-order chi connectivity index (χ0) is 12.0. The minimum atomic E-state index is -1.35. The summed E-state index contributed by atoms with van der Waals surface area (Å²) in [5, 5.41) is 22.9. The number of para-hydroxylation sites is 1. The van der Waals surface area contributed by atoms with Gasteiger partial charge in [-0.25, -0.2) is 0 Å². The highest BCUT2D eigenvalue weighted by Crippen LogP contribution is 2.47. The third kappa shape index (κ3) is 1.33. The van der Waals surface area contributed by atoms with Gasteiger partial charge in [-0.3, -0.25) is 4.65 Å². The molecule has 0 aliphatic carbocycles. The van der Waals surface area contributed by atoms with Gasteiger partial charge < -0.3 is 10.3 Å². The van der Waals surface area contributed by atoms with Crippen molar-refractivity contribution < 1.29 is 5.11 Å². The summed E-state index contributed by atoms with van der Waals surface area (Å²) in [7, 11) is 0. The summed E-state index contributed by atoms with van der Waals surface area (Å²) in [4.78, 5) is 0. The van der Waals surface area contributed by atoms with E-state index in [0.29, 0.717) is 5.69 Å².